The molecule has 1 aromatic carbocycles. The number of benzene rings is 1. The molecule has 2 nitrogen and oxygen atoms in total. The summed E-state index contributed by atoms with van der Waals surface area (Å²) < 4.78 is 12.9. The number of carbonyl (C=O) groups is 2. The number of carbonyl (C=O) groups excluding carboxylic acids is 2. The molecule has 21 heavy (non-hydrogen) atoms. The molecule has 0 heterocycles. The van der Waals surface area contributed by atoms with E-state index in [4.69, 9.17) is 0 Å². The lowest BCUT2D eigenvalue weighted by molar-refractivity contribution is -0.126. The van der Waals surface area contributed by atoms with Crippen molar-refractivity contribution in [1.82, 2.24) is 0 Å². The van der Waals surface area contributed by atoms with Gasteiger partial charge in [-0.05, 0) is 48.4 Å². The second kappa shape index (κ2) is 6.08. The van der Waals surface area contributed by atoms with Crippen LogP contribution in [-0.4, -0.2) is 11.6 Å². The molecule has 1 fully saturated rings. The van der Waals surface area contributed by atoms with E-state index in [1.807, 2.05) is 0 Å². The predicted molar refractivity (Wildman–Crippen MR) is 80.6 cm³/mol. The summed E-state index contributed by atoms with van der Waals surface area (Å²) in [5.74, 6) is 0.0729. The van der Waals surface area contributed by atoms with Gasteiger partial charge in [0.1, 0.15) is 11.6 Å². The molecule has 0 bridgehead atoms. The van der Waals surface area contributed by atoms with E-state index in [0.717, 1.165) is 12.8 Å². The Morgan fingerprint density at radius 3 is 2.43 bits per heavy atom. The fourth-order valence-corrected chi connectivity index (χ4v) is 3.07. The molecular weight excluding hydrogens is 267 g/mol. The van der Waals surface area contributed by atoms with Gasteiger partial charge in [-0.2, -0.15) is 0 Å². The molecule has 2 rings (SSSR count). The van der Waals surface area contributed by atoms with Crippen LogP contribution >= 0.6 is 0 Å². The van der Waals surface area contributed by atoms with Gasteiger partial charge in [0.2, 0.25) is 0 Å². The van der Waals surface area contributed by atoms with E-state index in [0.29, 0.717) is 17.9 Å². The molecule has 2 atom stereocenters. The Balaban J connectivity index is 2.05. The maximum atomic E-state index is 12.9. The average molecular weight is 290 g/mol. The monoisotopic (exact) mass is 290 g/mol. The van der Waals surface area contributed by atoms with Crippen LogP contribution in [0.5, 0.6) is 0 Å². The zero-order valence-electron chi connectivity index (χ0n) is 13.0. The molecule has 0 N–H and O–H groups in total. The van der Waals surface area contributed by atoms with E-state index < -0.39 is 0 Å². The number of hydrogen-bond donors (Lipinski definition) is 0. The topological polar surface area (TPSA) is 34.1 Å². The molecule has 0 saturated heterocycles. The van der Waals surface area contributed by atoms with Crippen LogP contribution in [0.4, 0.5) is 4.39 Å². The van der Waals surface area contributed by atoms with Gasteiger partial charge in [-0.1, -0.05) is 20.8 Å². The van der Waals surface area contributed by atoms with E-state index in [-0.39, 0.29) is 35.1 Å². The molecule has 0 radical (unpaired) electrons. The van der Waals surface area contributed by atoms with Crippen LogP contribution in [0, 0.1) is 23.1 Å². The number of hydrogen-bond acceptors (Lipinski definition) is 2. The summed E-state index contributed by atoms with van der Waals surface area (Å²) in [6, 6.07) is 5.56. The van der Waals surface area contributed by atoms with Gasteiger partial charge in [-0.3, -0.25) is 9.59 Å². The zero-order chi connectivity index (χ0) is 15.6. The number of halogens is 1. The summed E-state index contributed by atoms with van der Waals surface area (Å²) in [7, 11) is 0. The van der Waals surface area contributed by atoms with Crippen LogP contribution in [0.3, 0.4) is 0 Å². The summed E-state index contributed by atoms with van der Waals surface area (Å²) in [5.41, 5.74) is 0.653. The van der Waals surface area contributed by atoms with Crippen LogP contribution in [0.15, 0.2) is 24.3 Å². The Kier molecular flexibility index (Phi) is 4.60. The van der Waals surface area contributed by atoms with Crippen molar-refractivity contribution in [3.8, 4) is 0 Å². The van der Waals surface area contributed by atoms with Crippen LogP contribution < -0.4 is 0 Å². The Hall–Kier alpha value is -1.51. The second-order valence-electron chi connectivity index (χ2n) is 7.13. The summed E-state index contributed by atoms with van der Waals surface area (Å²) in [4.78, 5) is 24.3. The van der Waals surface area contributed by atoms with Gasteiger partial charge >= 0.3 is 0 Å². The van der Waals surface area contributed by atoms with Gasteiger partial charge in [0, 0.05) is 24.3 Å². The largest absolute Gasteiger partial charge is 0.299 e. The Morgan fingerprint density at radius 1 is 1.24 bits per heavy atom. The van der Waals surface area contributed by atoms with Crippen molar-refractivity contribution in [3.05, 3.63) is 35.6 Å². The molecule has 1 aliphatic carbocycles. The third kappa shape index (κ3) is 3.99. The molecular formula is C18H23FO2. The summed E-state index contributed by atoms with van der Waals surface area (Å²) >= 11 is 0. The Labute approximate surface area is 125 Å². The normalized spacial score (nSPS) is 23.1. The zero-order valence-corrected chi connectivity index (χ0v) is 13.0. The van der Waals surface area contributed by atoms with Crippen molar-refractivity contribution < 1.29 is 14.0 Å². The molecule has 3 heteroatoms. The van der Waals surface area contributed by atoms with Gasteiger partial charge in [-0.15, -0.1) is 0 Å². The fraction of sp³-hybridized carbons (Fsp3) is 0.556. The minimum Gasteiger partial charge on any atom is -0.299 e. The molecule has 1 aliphatic rings. The molecule has 1 saturated carbocycles. The highest BCUT2D eigenvalue weighted by atomic mass is 19.1. The van der Waals surface area contributed by atoms with E-state index >= 15 is 0 Å². The van der Waals surface area contributed by atoms with E-state index in [1.165, 1.54) is 24.3 Å². The second-order valence-corrected chi connectivity index (χ2v) is 7.13. The van der Waals surface area contributed by atoms with Gasteiger partial charge < -0.3 is 0 Å². The minimum atomic E-state index is -0.354. The maximum Gasteiger partial charge on any atom is 0.163 e. The third-order valence-electron chi connectivity index (χ3n) is 4.59. The molecule has 1 aromatic rings. The van der Waals surface area contributed by atoms with E-state index in [2.05, 4.69) is 20.8 Å². The Morgan fingerprint density at radius 2 is 1.86 bits per heavy atom. The summed E-state index contributed by atoms with van der Waals surface area (Å²) in [6.07, 6.45) is 2.53. The summed E-state index contributed by atoms with van der Waals surface area (Å²) in [5, 5.41) is 0. The standard InChI is InChI=1S/C18H23FO2/c1-18(2,3)14-6-9-16(20)13(10-14)11-17(21)12-4-7-15(19)8-5-12/h4-5,7-8,13-14H,6,9-11H2,1-3H3. The summed E-state index contributed by atoms with van der Waals surface area (Å²) in [6.45, 7) is 6.56. The van der Waals surface area contributed by atoms with E-state index in [9.17, 15) is 14.0 Å². The highest BCUT2D eigenvalue weighted by molar-refractivity contribution is 5.99. The molecule has 0 spiro atoms. The minimum absolute atomic E-state index is 0.0668. The first kappa shape index (κ1) is 15.9. The van der Waals surface area contributed by atoms with Crippen LogP contribution in [-0.2, 0) is 4.79 Å². The Bertz CT molecular complexity index is 525. The van der Waals surface area contributed by atoms with Gasteiger partial charge in [0.15, 0.2) is 5.78 Å². The SMILES string of the molecule is CC(C)(C)C1CCC(=O)C(CC(=O)c2ccc(F)cc2)C1. The van der Waals surface area contributed by atoms with Gasteiger partial charge in [0.25, 0.3) is 0 Å². The first-order valence-electron chi connectivity index (χ1n) is 7.59. The maximum absolute atomic E-state index is 12.9. The third-order valence-corrected chi connectivity index (χ3v) is 4.59. The first-order valence-corrected chi connectivity index (χ1v) is 7.59. The lowest BCUT2D eigenvalue weighted by Crippen LogP contribution is -2.33. The van der Waals surface area contributed by atoms with Crippen molar-refractivity contribution in [2.24, 2.45) is 17.3 Å². The smallest absolute Gasteiger partial charge is 0.163 e. The average Bonchev–Trinajstić information content (AvgIpc) is 2.40. The predicted octanol–water partition coefficient (Wildman–Crippen LogP) is 4.43. The van der Waals surface area contributed by atoms with Crippen LogP contribution in [0.25, 0.3) is 0 Å². The lowest BCUT2D eigenvalue weighted by Gasteiger charge is -2.36. The van der Waals surface area contributed by atoms with Crippen LogP contribution in [0.2, 0.25) is 0 Å². The van der Waals surface area contributed by atoms with Crippen molar-refractivity contribution in [2.45, 2.75) is 46.5 Å². The molecule has 0 amide bonds. The fourth-order valence-electron chi connectivity index (χ4n) is 3.07. The molecule has 0 aliphatic heterocycles. The van der Waals surface area contributed by atoms with Gasteiger partial charge in [0.05, 0.1) is 0 Å². The van der Waals surface area contributed by atoms with Crippen molar-refractivity contribution in [2.75, 3.05) is 0 Å². The molecule has 2 unspecified atom stereocenters. The number of ketones is 2. The number of rotatable bonds is 3. The highest BCUT2D eigenvalue weighted by Crippen LogP contribution is 2.40. The van der Waals surface area contributed by atoms with Crippen LogP contribution in [0.1, 0.15) is 56.8 Å². The van der Waals surface area contributed by atoms with Crippen molar-refractivity contribution in [3.63, 3.8) is 0 Å². The van der Waals surface area contributed by atoms with Crippen molar-refractivity contribution in [1.29, 1.82) is 0 Å². The molecule has 114 valence electrons. The van der Waals surface area contributed by atoms with Gasteiger partial charge in [-0.25, -0.2) is 4.39 Å². The first-order chi connectivity index (χ1) is 9.77. The number of Topliss-reactive ketones (excluding diaryl/α,β-unsaturated/α-hetero) is 2. The lowest BCUT2D eigenvalue weighted by atomic mass is 9.67. The molecule has 0 aromatic heterocycles. The van der Waals surface area contributed by atoms with Crippen molar-refractivity contribution >= 4 is 11.6 Å². The van der Waals surface area contributed by atoms with E-state index in [1.54, 1.807) is 0 Å². The highest BCUT2D eigenvalue weighted by Gasteiger charge is 2.35. The quantitative estimate of drug-likeness (QED) is 0.772.